The molecule has 1 saturated carbocycles. The summed E-state index contributed by atoms with van der Waals surface area (Å²) in [5, 5.41) is 8.98. The molecule has 3 N–H and O–H groups in total. The van der Waals surface area contributed by atoms with Crippen LogP contribution in [0.1, 0.15) is 30.5 Å². The van der Waals surface area contributed by atoms with Gasteiger partial charge in [-0.05, 0) is 50.5 Å². The number of aliphatic imine (C=N–C) groups is 1. The Labute approximate surface area is 159 Å². The van der Waals surface area contributed by atoms with E-state index >= 15 is 0 Å². The Morgan fingerprint density at radius 3 is 2.65 bits per heavy atom. The molecule has 1 aliphatic heterocycles. The van der Waals surface area contributed by atoms with Crippen LogP contribution in [0.25, 0.3) is 5.69 Å². The minimum absolute atomic E-state index is 0.0940. The lowest BCUT2D eigenvalue weighted by atomic mass is 9.88. The average molecular weight is 418 g/mol. The summed E-state index contributed by atoms with van der Waals surface area (Å²) in [6.45, 7) is 1.87. The van der Waals surface area contributed by atoms with E-state index in [9.17, 15) is 9.59 Å². The molecule has 3 atom stereocenters. The van der Waals surface area contributed by atoms with Crippen LogP contribution in [-0.4, -0.2) is 40.2 Å². The maximum atomic E-state index is 12.7. The van der Waals surface area contributed by atoms with Gasteiger partial charge in [-0.3, -0.25) is 14.9 Å². The molecule has 2 aromatic rings. The highest BCUT2D eigenvalue weighted by Crippen LogP contribution is 2.24. The van der Waals surface area contributed by atoms with Gasteiger partial charge in [-0.2, -0.15) is 0 Å². The third-order valence-corrected chi connectivity index (χ3v) is 5.60. The van der Waals surface area contributed by atoms with Crippen LogP contribution in [0.15, 0.2) is 38.5 Å². The number of nitrogens with zero attached hydrogens (tertiary/aromatic N) is 2. The lowest BCUT2D eigenvalue weighted by Crippen LogP contribution is -2.40. The normalized spacial score (nSPS) is 25.2. The van der Waals surface area contributed by atoms with E-state index < -0.39 is 0 Å². The van der Waals surface area contributed by atoms with E-state index in [-0.39, 0.29) is 29.7 Å². The number of hydrogen-bond donors (Lipinski definition) is 3. The Bertz CT molecular complexity index is 915. The number of H-pyrrole nitrogens is 1. The van der Waals surface area contributed by atoms with Crippen molar-refractivity contribution in [2.75, 3.05) is 0 Å². The number of aromatic amines is 1. The first-order valence-corrected chi connectivity index (χ1v) is 9.48. The van der Waals surface area contributed by atoms with Gasteiger partial charge < -0.3 is 10.6 Å². The van der Waals surface area contributed by atoms with Crippen molar-refractivity contribution in [1.29, 1.82) is 0 Å². The van der Waals surface area contributed by atoms with Crippen molar-refractivity contribution in [3.8, 4) is 5.69 Å². The van der Waals surface area contributed by atoms with Crippen molar-refractivity contribution in [3.05, 3.63) is 50.3 Å². The summed E-state index contributed by atoms with van der Waals surface area (Å²) < 4.78 is 2.49. The van der Waals surface area contributed by atoms with E-state index in [4.69, 9.17) is 0 Å². The molecule has 0 bridgehead atoms. The van der Waals surface area contributed by atoms with Crippen LogP contribution < -0.4 is 16.2 Å². The molecule has 0 spiro atoms. The molecule has 2 heterocycles. The smallest absolute Gasteiger partial charge is 0.315 e. The van der Waals surface area contributed by atoms with Gasteiger partial charge in [0, 0.05) is 16.4 Å². The molecular formula is C18H20BrN5O2. The van der Waals surface area contributed by atoms with Crippen molar-refractivity contribution in [3.63, 3.8) is 0 Å². The van der Waals surface area contributed by atoms with Gasteiger partial charge in [0.1, 0.15) is 0 Å². The van der Waals surface area contributed by atoms with Crippen LogP contribution in [0.3, 0.4) is 0 Å². The zero-order valence-corrected chi connectivity index (χ0v) is 15.9. The number of aryl methyl sites for hydroxylation is 1. The largest absolute Gasteiger partial charge is 0.333 e. The van der Waals surface area contributed by atoms with E-state index in [0.717, 1.165) is 35.1 Å². The molecule has 0 radical (unpaired) electrons. The minimum atomic E-state index is -0.113. The number of amides is 2. The zero-order valence-electron chi connectivity index (χ0n) is 14.3. The van der Waals surface area contributed by atoms with Gasteiger partial charge >= 0.3 is 6.03 Å². The summed E-state index contributed by atoms with van der Waals surface area (Å²) in [4.78, 5) is 28.8. The van der Waals surface area contributed by atoms with Crippen molar-refractivity contribution in [1.82, 2.24) is 20.4 Å². The van der Waals surface area contributed by atoms with Gasteiger partial charge in [0.15, 0.2) is 0 Å². The summed E-state index contributed by atoms with van der Waals surface area (Å²) >= 11 is 3.40. The van der Waals surface area contributed by atoms with Crippen LogP contribution in [-0.2, 0) is 0 Å². The second-order valence-electron chi connectivity index (χ2n) is 6.84. The topological polar surface area (TPSA) is 91.3 Å². The summed E-state index contributed by atoms with van der Waals surface area (Å²) in [7, 11) is 0. The van der Waals surface area contributed by atoms with Gasteiger partial charge in [-0.1, -0.05) is 15.9 Å². The second kappa shape index (κ2) is 6.75. The van der Waals surface area contributed by atoms with Gasteiger partial charge in [-0.15, -0.1) is 0 Å². The molecule has 1 aromatic carbocycles. The zero-order chi connectivity index (χ0) is 18.3. The highest BCUT2D eigenvalue weighted by Gasteiger charge is 2.36. The number of carbonyl (C=O) groups excluding carboxylic acids is 1. The molecule has 1 saturated heterocycles. The Kier molecular flexibility index (Phi) is 4.44. The summed E-state index contributed by atoms with van der Waals surface area (Å²) in [6, 6.07) is 7.90. The first-order valence-electron chi connectivity index (χ1n) is 8.69. The van der Waals surface area contributed by atoms with Crippen LogP contribution in [0.4, 0.5) is 4.79 Å². The number of hydrogen-bond acceptors (Lipinski definition) is 3. The molecule has 3 unspecified atom stereocenters. The van der Waals surface area contributed by atoms with Gasteiger partial charge in [0.25, 0.3) is 5.56 Å². The first-order chi connectivity index (χ1) is 12.5. The van der Waals surface area contributed by atoms with E-state index in [1.54, 1.807) is 6.21 Å². The Hall–Kier alpha value is -2.35. The van der Waals surface area contributed by atoms with Gasteiger partial charge in [-0.25, -0.2) is 9.48 Å². The number of fused-ring (bicyclic) bond motifs is 1. The number of benzene rings is 1. The van der Waals surface area contributed by atoms with Crippen molar-refractivity contribution >= 4 is 28.2 Å². The Morgan fingerprint density at radius 2 is 1.88 bits per heavy atom. The number of halogens is 1. The van der Waals surface area contributed by atoms with E-state index in [1.165, 1.54) is 4.68 Å². The average Bonchev–Trinajstić information content (AvgIpc) is 3.12. The van der Waals surface area contributed by atoms with E-state index in [2.05, 4.69) is 36.7 Å². The maximum Gasteiger partial charge on any atom is 0.315 e. The predicted molar refractivity (Wildman–Crippen MR) is 103 cm³/mol. The summed E-state index contributed by atoms with van der Waals surface area (Å²) in [6.07, 6.45) is 4.29. The molecule has 7 nitrogen and oxygen atoms in total. The fraction of sp³-hybridized carbons (Fsp3) is 0.389. The molecule has 4 rings (SSSR count). The van der Waals surface area contributed by atoms with Crippen LogP contribution >= 0.6 is 15.9 Å². The SMILES string of the molecule is Cc1[nH]n(-c2ccc(Br)cc2)c(=O)c1C=NC1CCC2NC(=O)NC2C1. The molecule has 1 aliphatic carbocycles. The highest BCUT2D eigenvalue weighted by molar-refractivity contribution is 9.10. The first kappa shape index (κ1) is 17.1. The molecule has 1 aromatic heterocycles. The lowest BCUT2D eigenvalue weighted by Gasteiger charge is -2.28. The number of rotatable bonds is 3. The number of aromatic nitrogens is 2. The van der Waals surface area contributed by atoms with Crippen molar-refractivity contribution < 1.29 is 4.79 Å². The summed E-state index contributed by atoms with van der Waals surface area (Å²) in [5.41, 5.74) is 2.02. The molecule has 2 aliphatic rings. The minimum Gasteiger partial charge on any atom is -0.333 e. The Morgan fingerprint density at radius 1 is 1.15 bits per heavy atom. The van der Waals surface area contributed by atoms with Gasteiger partial charge in [0.05, 0.1) is 29.4 Å². The number of carbonyl (C=O) groups is 1. The third kappa shape index (κ3) is 3.21. The summed E-state index contributed by atoms with van der Waals surface area (Å²) in [5.74, 6) is 0. The predicted octanol–water partition coefficient (Wildman–Crippen LogP) is 2.26. The third-order valence-electron chi connectivity index (χ3n) is 5.07. The van der Waals surface area contributed by atoms with Crippen LogP contribution in [0.2, 0.25) is 0 Å². The standard InChI is InChI=1S/C18H20BrN5O2/c1-10-14(17(25)24(23-10)13-5-2-11(19)3-6-13)9-20-12-4-7-15-16(8-12)22-18(26)21-15/h2-3,5-6,9,12,15-16,23H,4,7-8H2,1H3,(H2,21,22,26). The fourth-order valence-electron chi connectivity index (χ4n) is 3.66. The van der Waals surface area contributed by atoms with Crippen molar-refractivity contribution in [2.24, 2.45) is 4.99 Å². The monoisotopic (exact) mass is 417 g/mol. The highest BCUT2D eigenvalue weighted by atomic mass is 79.9. The van der Waals surface area contributed by atoms with Crippen LogP contribution in [0, 0.1) is 6.92 Å². The molecule has 136 valence electrons. The second-order valence-corrected chi connectivity index (χ2v) is 7.76. The Balaban J connectivity index is 1.53. The van der Waals surface area contributed by atoms with Gasteiger partial charge in [0.2, 0.25) is 0 Å². The van der Waals surface area contributed by atoms with E-state index in [0.29, 0.717) is 5.56 Å². The lowest BCUT2D eigenvalue weighted by molar-refractivity contribution is 0.247. The van der Waals surface area contributed by atoms with E-state index in [1.807, 2.05) is 31.2 Å². The van der Waals surface area contributed by atoms with Crippen LogP contribution in [0.5, 0.6) is 0 Å². The quantitative estimate of drug-likeness (QED) is 0.668. The fourth-order valence-corrected chi connectivity index (χ4v) is 3.92. The maximum absolute atomic E-state index is 12.7. The molecule has 2 fully saturated rings. The molecule has 2 amide bonds. The van der Waals surface area contributed by atoms with Crippen molar-refractivity contribution in [2.45, 2.75) is 44.3 Å². The molecule has 26 heavy (non-hydrogen) atoms. The number of nitrogens with one attached hydrogen (secondary N) is 3. The molecular weight excluding hydrogens is 398 g/mol. The number of urea groups is 1. The molecule has 8 heteroatoms.